The Balaban J connectivity index is 2.39. The summed E-state index contributed by atoms with van der Waals surface area (Å²) in [6.07, 6.45) is -8.29. The number of nitrogens with one attached hydrogen (secondary N) is 5. The molecule has 0 saturated carbocycles. The Labute approximate surface area is 277 Å². The van der Waals surface area contributed by atoms with Gasteiger partial charge in [-0.3, -0.25) is 19.8 Å². The van der Waals surface area contributed by atoms with E-state index < -0.39 is 101 Å². The number of anilines is 1. The maximum atomic E-state index is 13.1. The van der Waals surface area contributed by atoms with Gasteiger partial charge in [0.05, 0.1) is 18.4 Å². The minimum absolute atomic E-state index is 0.0493. The van der Waals surface area contributed by atoms with Crippen LogP contribution in [0.2, 0.25) is 0 Å². The number of hydrogen-bond donors (Lipinski definition) is 9. The summed E-state index contributed by atoms with van der Waals surface area (Å²) in [5.41, 5.74) is 4.58. The molecule has 0 radical (unpaired) electrons. The Morgan fingerprint density at radius 2 is 1.48 bits per heavy atom. The monoisotopic (exact) mass is 734 g/mol. The summed E-state index contributed by atoms with van der Waals surface area (Å²) in [7, 11) is -5.08. The number of rotatable bonds is 16. The molecule has 0 unspecified atom stereocenters. The smallest absolute Gasteiger partial charge is 0.481 e. The molecule has 0 bridgehead atoms. The minimum atomic E-state index is -5.69. The van der Waals surface area contributed by atoms with E-state index in [4.69, 9.17) is 26.1 Å². The molecular weight excluding hydrogens is 709 g/mol. The lowest BCUT2D eigenvalue weighted by Crippen LogP contribution is -2.49. The van der Waals surface area contributed by atoms with E-state index in [1.54, 1.807) is 4.72 Å². The van der Waals surface area contributed by atoms with Crippen LogP contribution in [0.15, 0.2) is 42.5 Å². The van der Waals surface area contributed by atoms with Crippen LogP contribution in [0.1, 0.15) is 39.1 Å². The average Bonchev–Trinajstić information content (AvgIpc) is 2.98. The molecule has 10 N–H and O–H groups in total. The van der Waals surface area contributed by atoms with Crippen molar-refractivity contribution in [2.45, 2.75) is 37.6 Å². The second-order valence-corrected chi connectivity index (χ2v) is 11.1. The third kappa shape index (κ3) is 12.8. The first-order valence-electron chi connectivity index (χ1n) is 13.2. The van der Waals surface area contributed by atoms with E-state index in [9.17, 15) is 60.3 Å². The largest absolute Gasteiger partial charge is 0.491 e. The molecule has 0 aliphatic rings. The summed E-state index contributed by atoms with van der Waals surface area (Å²) in [6.45, 7) is -0.954. The van der Waals surface area contributed by atoms with Gasteiger partial charge in [0.15, 0.2) is 5.96 Å². The standard InChI is InChI=1S/C26H25F3N6O14S/c27-26(28,29)24(45)49-23(44)17(9-19(38)39)35-50(46,47)32-10-12-3-6-14(7-15(12)20(40)34-16(21(41)42)8-18(36)37)48-22(43)11-1-4-13(5-2-11)33-25(30)31/h1-7,16-17,32,35H,8-10H2,(H,34,40)(H,36,37)(H,38,39)(H,41,42)(H4,30,31,33)/t16-,17-/m0/s1. The number of halogens is 3. The second kappa shape index (κ2) is 16.8. The first-order chi connectivity index (χ1) is 23.1. The average molecular weight is 735 g/mol. The lowest BCUT2D eigenvalue weighted by atomic mass is 10.1. The van der Waals surface area contributed by atoms with Gasteiger partial charge in [-0.25, -0.2) is 19.2 Å². The van der Waals surface area contributed by atoms with Gasteiger partial charge in [0.25, 0.3) is 16.1 Å². The lowest BCUT2D eigenvalue weighted by Gasteiger charge is -2.18. The third-order valence-corrected chi connectivity index (χ3v) is 6.88. The van der Waals surface area contributed by atoms with Gasteiger partial charge in [-0.1, -0.05) is 6.07 Å². The van der Waals surface area contributed by atoms with Gasteiger partial charge in [-0.2, -0.15) is 31.0 Å². The first-order valence-corrected chi connectivity index (χ1v) is 14.7. The fourth-order valence-corrected chi connectivity index (χ4v) is 4.56. The third-order valence-electron chi connectivity index (χ3n) is 5.76. The molecule has 270 valence electrons. The number of nitrogens with two attached hydrogens (primary N) is 1. The summed E-state index contributed by atoms with van der Waals surface area (Å²) in [5, 5.41) is 38.9. The van der Waals surface area contributed by atoms with E-state index in [2.05, 4.69) is 10.1 Å². The number of benzene rings is 2. The zero-order chi connectivity index (χ0) is 38.0. The predicted molar refractivity (Wildman–Crippen MR) is 157 cm³/mol. The number of esters is 3. The van der Waals surface area contributed by atoms with Gasteiger partial charge in [-0.15, -0.1) is 0 Å². The minimum Gasteiger partial charge on any atom is -0.481 e. The fraction of sp³-hybridized carbons (Fsp3) is 0.231. The molecule has 0 spiro atoms. The molecule has 2 rings (SSSR count). The summed E-state index contributed by atoms with van der Waals surface area (Å²) < 4.78 is 74.6. The zero-order valence-corrected chi connectivity index (χ0v) is 25.6. The highest BCUT2D eigenvalue weighted by molar-refractivity contribution is 7.87. The Morgan fingerprint density at radius 1 is 0.900 bits per heavy atom. The van der Waals surface area contributed by atoms with Crippen molar-refractivity contribution in [2.24, 2.45) is 5.73 Å². The Kier molecular flexibility index (Phi) is 13.5. The molecule has 0 aliphatic carbocycles. The molecule has 0 heterocycles. The Bertz CT molecular complexity index is 1800. The molecule has 24 heteroatoms. The molecular formula is C26H25F3N6O14S. The Hall–Kier alpha value is -6.14. The summed E-state index contributed by atoms with van der Waals surface area (Å²) in [6, 6.07) is 3.55. The van der Waals surface area contributed by atoms with Crippen LogP contribution in [0.5, 0.6) is 5.75 Å². The molecule has 0 aliphatic heterocycles. The van der Waals surface area contributed by atoms with Crippen LogP contribution in [-0.4, -0.2) is 89.7 Å². The summed E-state index contributed by atoms with van der Waals surface area (Å²) in [5.74, 6) is -13.7. The highest BCUT2D eigenvalue weighted by Crippen LogP contribution is 2.21. The molecule has 2 atom stereocenters. The van der Waals surface area contributed by atoms with Crippen molar-refractivity contribution >= 4 is 63.6 Å². The number of guanidine groups is 1. The van der Waals surface area contributed by atoms with E-state index in [-0.39, 0.29) is 16.9 Å². The Morgan fingerprint density at radius 3 is 2.00 bits per heavy atom. The van der Waals surface area contributed by atoms with Gasteiger partial charge in [0, 0.05) is 17.8 Å². The van der Waals surface area contributed by atoms with E-state index >= 15 is 0 Å². The fourth-order valence-electron chi connectivity index (χ4n) is 3.58. The summed E-state index contributed by atoms with van der Waals surface area (Å²) >= 11 is 0. The number of carboxylic acids is 3. The molecule has 0 fully saturated rings. The van der Waals surface area contributed by atoms with Crippen molar-refractivity contribution in [2.75, 3.05) is 5.32 Å². The maximum Gasteiger partial charge on any atom is 0.491 e. The molecule has 0 saturated heterocycles. The maximum absolute atomic E-state index is 13.1. The molecule has 1 amide bonds. The number of amides is 1. The predicted octanol–water partition coefficient (Wildman–Crippen LogP) is -0.732. The van der Waals surface area contributed by atoms with Crippen molar-refractivity contribution in [1.29, 1.82) is 5.41 Å². The molecule has 2 aromatic carbocycles. The van der Waals surface area contributed by atoms with Crippen LogP contribution in [0.4, 0.5) is 18.9 Å². The number of alkyl halides is 3. The van der Waals surface area contributed by atoms with Crippen LogP contribution in [-0.2, 0) is 45.5 Å². The first kappa shape index (κ1) is 40.0. The molecule has 50 heavy (non-hydrogen) atoms. The van der Waals surface area contributed by atoms with Crippen LogP contribution in [0, 0.1) is 5.41 Å². The van der Waals surface area contributed by atoms with Gasteiger partial charge in [0.2, 0.25) is 0 Å². The molecule has 2 aromatic rings. The number of ether oxygens (including phenoxy) is 2. The second-order valence-electron chi connectivity index (χ2n) is 9.59. The lowest BCUT2D eigenvalue weighted by molar-refractivity contribution is -0.202. The van der Waals surface area contributed by atoms with Crippen LogP contribution in [0.25, 0.3) is 0 Å². The summed E-state index contributed by atoms with van der Waals surface area (Å²) in [4.78, 5) is 82.5. The topological polar surface area (TPSA) is 331 Å². The SMILES string of the molecule is N=C(N)Nc1ccc(C(=O)Oc2ccc(CNS(=O)(=O)N[C@@H](CC(=O)O)C(=O)OC(=O)C(F)(F)F)c(C(=O)N[C@@H](CC(=O)O)C(=O)O)c2)cc1. The number of aliphatic carboxylic acids is 3. The zero-order valence-electron chi connectivity index (χ0n) is 24.8. The number of carbonyl (C=O) groups is 7. The van der Waals surface area contributed by atoms with Crippen molar-refractivity contribution in [1.82, 2.24) is 14.8 Å². The van der Waals surface area contributed by atoms with E-state index in [1.807, 2.05) is 5.32 Å². The number of carboxylic acid groups (broad SMARTS) is 3. The van der Waals surface area contributed by atoms with Crippen molar-refractivity contribution in [3.05, 3.63) is 59.2 Å². The van der Waals surface area contributed by atoms with Crippen LogP contribution in [0.3, 0.4) is 0 Å². The quantitative estimate of drug-likeness (QED) is 0.0337. The molecule has 0 aromatic heterocycles. The van der Waals surface area contributed by atoms with Crippen LogP contribution >= 0.6 is 0 Å². The number of hydrogen-bond acceptors (Lipinski definition) is 12. The molecule has 20 nitrogen and oxygen atoms in total. The van der Waals surface area contributed by atoms with E-state index in [1.165, 1.54) is 29.0 Å². The van der Waals surface area contributed by atoms with Crippen molar-refractivity contribution < 1.29 is 79.9 Å². The van der Waals surface area contributed by atoms with E-state index in [0.717, 1.165) is 18.2 Å². The van der Waals surface area contributed by atoms with Crippen molar-refractivity contribution in [3.63, 3.8) is 0 Å². The van der Waals surface area contributed by atoms with Gasteiger partial charge in [-0.05, 0) is 42.0 Å². The highest BCUT2D eigenvalue weighted by Gasteiger charge is 2.44. The van der Waals surface area contributed by atoms with Crippen molar-refractivity contribution in [3.8, 4) is 5.75 Å². The highest BCUT2D eigenvalue weighted by atomic mass is 32.2. The number of carbonyl (C=O) groups excluding carboxylic acids is 4. The van der Waals surface area contributed by atoms with Gasteiger partial charge < -0.3 is 41.2 Å². The van der Waals surface area contributed by atoms with Crippen LogP contribution < -0.4 is 30.5 Å². The normalized spacial score (nSPS) is 12.5. The van der Waals surface area contributed by atoms with E-state index in [0.29, 0.717) is 5.69 Å². The van der Waals surface area contributed by atoms with Gasteiger partial charge >= 0.3 is 42.0 Å². The van der Waals surface area contributed by atoms with Gasteiger partial charge in [0.1, 0.15) is 17.8 Å².